The van der Waals surface area contributed by atoms with Gasteiger partial charge in [0.15, 0.2) is 5.82 Å². The van der Waals surface area contributed by atoms with Crippen LogP contribution in [0.2, 0.25) is 0 Å². The zero-order chi connectivity index (χ0) is 21.7. The molecule has 0 unspecified atom stereocenters. The first-order valence-electron chi connectivity index (χ1n) is 8.78. The Morgan fingerprint density at radius 3 is 2.57 bits per heavy atom. The maximum absolute atomic E-state index is 11.1. The number of nitrogens with one attached hydrogen (secondary N) is 2. The lowest BCUT2D eigenvalue weighted by molar-refractivity contribution is 0.0867. The van der Waals surface area contributed by atoms with Crippen LogP contribution in [-0.4, -0.2) is 35.3 Å². The molecule has 0 radical (unpaired) electrons. The largest absolute Gasteiger partial charge is 0.382 e. The molecule has 0 aliphatic carbocycles. The molecule has 30 heavy (non-hydrogen) atoms. The van der Waals surface area contributed by atoms with Crippen molar-refractivity contribution in [2.45, 2.75) is 18.4 Å². The third kappa shape index (κ3) is 5.20. The maximum Gasteiger partial charge on any atom is 0.294 e. The number of hydroxylamine groups is 1. The summed E-state index contributed by atoms with van der Waals surface area (Å²) in [4.78, 5) is 8.94. The van der Waals surface area contributed by atoms with Crippen LogP contribution < -0.4 is 11.2 Å². The number of thiazole rings is 1. The van der Waals surface area contributed by atoms with E-state index in [2.05, 4.69) is 20.7 Å². The normalized spacial score (nSPS) is 11.3. The third-order valence-electron chi connectivity index (χ3n) is 4.11. The Bertz CT molecular complexity index is 1220. The number of rotatable bonds is 5. The Morgan fingerprint density at radius 2 is 1.97 bits per heavy atom. The van der Waals surface area contributed by atoms with E-state index in [-0.39, 0.29) is 4.90 Å². The molecular formula is C19H21N5O4S2. The van der Waals surface area contributed by atoms with Crippen molar-refractivity contribution in [2.75, 3.05) is 12.8 Å². The number of fused-ring (bicyclic) bond motifs is 1. The van der Waals surface area contributed by atoms with Gasteiger partial charge in [-0.05, 0) is 30.7 Å². The van der Waals surface area contributed by atoms with Gasteiger partial charge in [-0.1, -0.05) is 30.3 Å². The SMILES string of the molecule is CONCc1ccccc1.Cc1[nH]nc(N)c1-c1nc2ccc(S(=O)(=O)O)cc2s1. The number of hydrogen-bond donors (Lipinski definition) is 4. The number of aryl methyl sites for hydroxylation is 1. The van der Waals surface area contributed by atoms with E-state index in [9.17, 15) is 8.42 Å². The Kier molecular flexibility index (Phi) is 6.80. The van der Waals surface area contributed by atoms with Crippen molar-refractivity contribution in [1.29, 1.82) is 0 Å². The summed E-state index contributed by atoms with van der Waals surface area (Å²) in [5.74, 6) is 0.344. The van der Waals surface area contributed by atoms with Crippen molar-refractivity contribution in [1.82, 2.24) is 20.7 Å². The quantitative estimate of drug-likeness (QED) is 0.270. The molecule has 0 amide bonds. The molecule has 2 heterocycles. The Balaban J connectivity index is 0.000000216. The standard InChI is InChI=1S/C11H10N4O3S2.C8H11NO/c1-5-9(10(12)15-14-5)11-13-7-3-2-6(20(16,17)18)4-8(7)19-11;1-10-9-7-8-5-3-2-4-6-8/h2-4H,1H3,(H3,12,14,15)(H,16,17,18);2-6,9H,7H2,1H3. The lowest BCUT2D eigenvalue weighted by Gasteiger charge is -1.99. The monoisotopic (exact) mass is 447 g/mol. The molecule has 4 rings (SSSR count). The van der Waals surface area contributed by atoms with Crippen molar-refractivity contribution in [3.05, 3.63) is 59.8 Å². The van der Waals surface area contributed by atoms with Crippen LogP contribution in [0.5, 0.6) is 0 Å². The lowest BCUT2D eigenvalue weighted by Crippen LogP contribution is -2.10. The van der Waals surface area contributed by atoms with Crippen LogP contribution in [0, 0.1) is 6.92 Å². The molecule has 158 valence electrons. The predicted molar refractivity (Wildman–Crippen MR) is 116 cm³/mol. The van der Waals surface area contributed by atoms with Gasteiger partial charge >= 0.3 is 0 Å². The molecule has 9 nitrogen and oxygen atoms in total. The van der Waals surface area contributed by atoms with Crippen molar-refractivity contribution in [3.8, 4) is 10.6 Å². The molecule has 2 aromatic carbocycles. The highest BCUT2D eigenvalue weighted by atomic mass is 32.2. The summed E-state index contributed by atoms with van der Waals surface area (Å²) < 4.78 is 31.9. The second-order valence-corrected chi connectivity index (χ2v) is 8.70. The number of aromatic nitrogens is 3. The summed E-state index contributed by atoms with van der Waals surface area (Å²) in [7, 11) is -2.61. The zero-order valence-electron chi connectivity index (χ0n) is 16.3. The first kappa shape index (κ1) is 21.9. The number of nitrogen functional groups attached to an aromatic ring is 1. The van der Waals surface area contributed by atoms with Gasteiger partial charge in [0, 0.05) is 12.2 Å². The number of H-pyrrole nitrogens is 1. The van der Waals surface area contributed by atoms with E-state index in [1.165, 1.54) is 29.0 Å². The fourth-order valence-corrected chi connectivity index (χ4v) is 4.34. The van der Waals surface area contributed by atoms with Gasteiger partial charge in [-0.2, -0.15) is 19.0 Å². The molecule has 0 atom stereocenters. The average molecular weight is 448 g/mol. The van der Waals surface area contributed by atoms with Crippen LogP contribution in [0.4, 0.5) is 5.82 Å². The second-order valence-electron chi connectivity index (χ2n) is 6.24. The fourth-order valence-electron chi connectivity index (χ4n) is 2.64. The van der Waals surface area contributed by atoms with Crippen LogP contribution in [0.15, 0.2) is 53.4 Å². The van der Waals surface area contributed by atoms with Crippen molar-refractivity contribution in [2.24, 2.45) is 0 Å². The number of hydrogen-bond acceptors (Lipinski definition) is 8. The van der Waals surface area contributed by atoms with Crippen LogP contribution in [0.25, 0.3) is 20.8 Å². The van der Waals surface area contributed by atoms with Gasteiger partial charge in [-0.3, -0.25) is 9.65 Å². The third-order valence-corrected chi connectivity index (χ3v) is 6.00. The van der Waals surface area contributed by atoms with Crippen molar-refractivity contribution >= 4 is 37.5 Å². The Morgan fingerprint density at radius 1 is 1.23 bits per heavy atom. The van der Waals surface area contributed by atoms with Crippen LogP contribution in [0.1, 0.15) is 11.3 Å². The van der Waals surface area contributed by atoms with Crippen molar-refractivity contribution in [3.63, 3.8) is 0 Å². The minimum atomic E-state index is -4.22. The average Bonchev–Trinajstić information content (AvgIpc) is 3.28. The molecule has 0 saturated heterocycles. The molecule has 4 aromatic rings. The molecule has 0 aliphatic heterocycles. The number of anilines is 1. The van der Waals surface area contributed by atoms with E-state index in [4.69, 9.17) is 15.1 Å². The molecule has 2 aromatic heterocycles. The van der Waals surface area contributed by atoms with Crippen molar-refractivity contribution < 1.29 is 17.8 Å². The van der Waals surface area contributed by atoms with Crippen LogP contribution in [0.3, 0.4) is 0 Å². The summed E-state index contributed by atoms with van der Waals surface area (Å²) in [6, 6.07) is 14.3. The number of benzene rings is 2. The summed E-state index contributed by atoms with van der Waals surface area (Å²) in [5, 5.41) is 7.32. The van der Waals surface area contributed by atoms with E-state index in [0.717, 1.165) is 12.2 Å². The smallest absolute Gasteiger partial charge is 0.294 e. The summed E-state index contributed by atoms with van der Waals surface area (Å²) in [6.07, 6.45) is 0. The summed E-state index contributed by atoms with van der Waals surface area (Å²) >= 11 is 1.29. The molecule has 0 bridgehead atoms. The number of nitrogens with zero attached hydrogens (tertiary/aromatic N) is 2. The molecule has 0 aliphatic rings. The first-order valence-corrected chi connectivity index (χ1v) is 11.0. The molecule has 0 saturated carbocycles. The van der Waals surface area contributed by atoms with Gasteiger partial charge < -0.3 is 10.6 Å². The lowest BCUT2D eigenvalue weighted by atomic mass is 10.2. The first-order chi connectivity index (χ1) is 14.3. The van der Waals surface area contributed by atoms with Crippen LogP contribution in [-0.2, 0) is 21.5 Å². The molecule has 5 N–H and O–H groups in total. The highest BCUT2D eigenvalue weighted by Gasteiger charge is 2.16. The van der Waals surface area contributed by atoms with Gasteiger partial charge in [-0.15, -0.1) is 11.3 Å². The second kappa shape index (κ2) is 9.32. The van der Waals surface area contributed by atoms with E-state index >= 15 is 0 Å². The van der Waals surface area contributed by atoms with E-state index in [1.54, 1.807) is 13.2 Å². The predicted octanol–water partition coefficient (Wildman–Crippen LogP) is 3.16. The molecule has 11 heteroatoms. The van der Waals surface area contributed by atoms with E-state index < -0.39 is 10.1 Å². The van der Waals surface area contributed by atoms with E-state index in [1.807, 2.05) is 37.3 Å². The number of nitrogens with two attached hydrogens (primary N) is 1. The van der Waals surface area contributed by atoms with Gasteiger partial charge in [-0.25, -0.2) is 4.98 Å². The molecule has 0 spiro atoms. The van der Waals surface area contributed by atoms with Gasteiger partial charge in [0.1, 0.15) is 5.01 Å². The van der Waals surface area contributed by atoms with Gasteiger partial charge in [0.25, 0.3) is 10.1 Å². The summed E-state index contributed by atoms with van der Waals surface area (Å²) in [5.41, 5.74) is 11.9. The van der Waals surface area contributed by atoms with Gasteiger partial charge in [0.05, 0.1) is 27.8 Å². The minimum absolute atomic E-state index is 0.155. The topological polar surface area (TPSA) is 143 Å². The maximum atomic E-state index is 11.1. The highest BCUT2D eigenvalue weighted by molar-refractivity contribution is 7.85. The fraction of sp³-hybridized carbons (Fsp3) is 0.158. The highest BCUT2D eigenvalue weighted by Crippen LogP contribution is 2.35. The minimum Gasteiger partial charge on any atom is -0.382 e. The summed E-state index contributed by atoms with van der Waals surface area (Å²) in [6.45, 7) is 2.59. The Hall–Kier alpha value is -2.83. The van der Waals surface area contributed by atoms with Crippen LogP contribution >= 0.6 is 11.3 Å². The molecule has 0 fully saturated rings. The molecular weight excluding hydrogens is 426 g/mol. The van der Waals surface area contributed by atoms with Gasteiger partial charge in [0.2, 0.25) is 0 Å². The van der Waals surface area contributed by atoms with E-state index in [0.29, 0.717) is 26.6 Å². The zero-order valence-corrected chi connectivity index (χ0v) is 17.9. The number of aromatic amines is 1. The Labute approximate surface area is 177 Å².